The second-order valence-electron chi connectivity index (χ2n) is 6.53. The number of hydrogen-bond acceptors (Lipinski definition) is 6. The molecule has 2 aromatic heterocycles. The molecule has 7 heteroatoms. The zero-order chi connectivity index (χ0) is 17.4. The van der Waals surface area contributed by atoms with E-state index in [1.807, 2.05) is 4.68 Å². The van der Waals surface area contributed by atoms with Gasteiger partial charge in [-0.05, 0) is 43.2 Å². The van der Waals surface area contributed by atoms with Crippen LogP contribution in [0.25, 0.3) is 0 Å². The molecule has 1 aliphatic heterocycles. The number of nitrogens with one attached hydrogen (secondary N) is 1. The summed E-state index contributed by atoms with van der Waals surface area (Å²) < 4.78 is 1.93. The number of carbonyl (C=O) groups is 1. The van der Waals surface area contributed by atoms with Crippen LogP contribution in [0.15, 0.2) is 27.9 Å². The highest BCUT2D eigenvalue weighted by molar-refractivity contribution is 7.99. The number of thioether (sulfide) groups is 1. The molecule has 0 aromatic carbocycles. The fourth-order valence-corrected chi connectivity index (χ4v) is 5.34. The molecule has 0 spiro atoms. The number of thiophene rings is 1. The highest BCUT2D eigenvalue weighted by atomic mass is 32.2. The summed E-state index contributed by atoms with van der Waals surface area (Å²) in [7, 11) is 0. The van der Waals surface area contributed by atoms with Gasteiger partial charge in [-0.15, -0.1) is 16.4 Å². The topological polar surface area (TPSA) is 59.8 Å². The summed E-state index contributed by atoms with van der Waals surface area (Å²) in [5.74, 6) is 2.03. The number of nitrogens with zero attached hydrogens (tertiary/aromatic N) is 3. The summed E-state index contributed by atoms with van der Waals surface area (Å²) in [6.07, 6.45) is 4.77. The van der Waals surface area contributed by atoms with Gasteiger partial charge in [-0.25, -0.2) is 4.68 Å². The second-order valence-corrected chi connectivity index (χ2v) is 8.54. The first-order valence-corrected chi connectivity index (χ1v) is 10.7. The van der Waals surface area contributed by atoms with Crippen molar-refractivity contribution in [3.05, 3.63) is 33.2 Å². The van der Waals surface area contributed by atoms with Crippen LogP contribution in [0, 0.1) is 6.92 Å². The molecule has 1 unspecified atom stereocenters. The van der Waals surface area contributed by atoms with E-state index in [0.717, 1.165) is 47.4 Å². The number of rotatable bonds is 5. The number of hydrogen-bond donors (Lipinski definition) is 1. The lowest BCUT2D eigenvalue weighted by Gasteiger charge is -2.31. The Hall–Kier alpha value is -1.60. The Morgan fingerprint density at radius 1 is 1.44 bits per heavy atom. The maximum absolute atomic E-state index is 12.7. The van der Waals surface area contributed by atoms with Crippen LogP contribution in [0.5, 0.6) is 0 Å². The monoisotopic (exact) mass is 374 g/mol. The number of ketones is 1. The third kappa shape index (κ3) is 3.04. The number of aromatic nitrogens is 3. The van der Waals surface area contributed by atoms with Gasteiger partial charge in [0.15, 0.2) is 5.78 Å². The second kappa shape index (κ2) is 6.96. The standard InChI is InChI=1S/C18H22N4OS2/c1-3-4-9-25-18-20-17-19-12-6-5-7-13(23)14(12)15(22(17)21-18)16-11(2)8-10-24-16/h8,10,15H,3-7,9H2,1-2H3,(H,19,20,21). The first-order valence-electron chi connectivity index (χ1n) is 8.85. The molecule has 0 saturated carbocycles. The highest BCUT2D eigenvalue weighted by Gasteiger charge is 2.37. The van der Waals surface area contributed by atoms with Crippen LogP contribution in [0.4, 0.5) is 5.95 Å². The predicted molar refractivity (Wildman–Crippen MR) is 102 cm³/mol. The minimum Gasteiger partial charge on any atom is -0.328 e. The van der Waals surface area contributed by atoms with Crippen molar-refractivity contribution >= 4 is 34.8 Å². The zero-order valence-electron chi connectivity index (χ0n) is 14.5. The lowest BCUT2D eigenvalue weighted by molar-refractivity contribution is -0.116. The summed E-state index contributed by atoms with van der Waals surface area (Å²) in [5, 5.41) is 11.0. The summed E-state index contributed by atoms with van der Waals surface area (Å²) in [6, 6.07) is 1.98. The summed E-state index contributed by atoms with van der Waals surface area (Å²) in [5.41, 5.74) is 3.14. The third-order valence-electron chi connectivity index (χ3n) is 4.73. The Labute approximate surface area is 155 Å². The predicted octanol–water partition coefficient (Wildman–Crippen LogP) is 4.56. The molecule has 5 nitrogen and oxygen atoms in total. The number of carbonyl (C=O) groups excluding carboxylic acids is 1. The molecule has 4 rings (SSSR count). The van der Waals surface area contributed by atoms with E-state index in [2.05, 4.69) is 30.6 Å². The van der Waals surface area contributed by atoms with E-state index in [-0.39, 0.29) is 11.8 Å². The number of Topliss-reactive ketones (excluding diaryl/α,β-unsaturated/α-hetero) is 1. The lowest BCUT2D eigenvalue weighted by atomic mass is 9.87. The van der Waals surface area contributed by atoms with Crippen LogP contribution in [0.1, 0.15) is 55.5 Å². The van der Waals surface area contributed by atoms with Gasteiger partial charge < -0.3 is 5.32 Å². The van der Waals surface area contributed by atoms with Gasteiger partial charge in [-0.2, -0.15) is 4.98 Å². The first-order chi connectivity index (χ1) is 12.2. The van der Waals surface area contributed by atoms with Crippen molar-refractivity contribution < 1.29 is 4.79 Å². The van der Waals surface area contributed by atoms with Crippen molar-refractivity contribution in [2.45, 2.75) is 57.1 Å². The third-order valence-corrected chi connectivity index (χ3v) is 6.72. The molecule has 0 radical (unpaired) electrons. The van der Waals surface area contributed by atoms with E-state index in [9.17, 15) is 4.79 Å². The number of fused-ring (bicyclic) bond motifs is 1. The molecular formula is C18H22N4OS2. The van der Waals surface area contributed by atoms with Gasteiger partial charge in [0.05, 0.1) is 0 Å². The van der Waals surface area contributed by atoms with E-state index in [4.69, 9.17) is 10.1 Å². The lowest BCUT2D eigenvalue weighted by Crippen LogP contribution is -2.31. The maximum atomic E-state index is 12.7. The Kier molecular flexibility index (Phi) is 4.69. The molecule has 1 atom stereocenters. The van der Waals surface area contributed by atoms with Crippen molar-refractivity contribution in [1.82, 2.24) is 14.8 Å². The van der Waals surface area contributed by atoms with Gasteiger partial charge in [0.2, 0.25) is 11.1 Å². The largest absolute Gasteiger partial charge is 0.328 e. The van der Waals surface area contributed by atoms with E-state index in [1.165, 1.54) is 16.9 Å². The molecule has 1 aliphatic carbocycles. The van der Waals surface area contributed by atoms with E-state index in [1.54, 1.807) is 23.1 Å². The van der Waals surface area contributed by atoms with E-state index >= 15 is 0 Å². The molecule has 2 aliphatic rings. The van der Waals surface area contributed by atoms with Crippen LogP contribution >= 0.6 is 23.1 Å². The van der Waals surface area contributed by atoms with Crippen LogP contribution < -0.4 is 5.32 Å². The molecule has 0 amide bonds. The zero-order valence-corrected chi connectivity index (χ0v) is 16.2. The minimum atomic E-state index is -0.132. The summed E-state index contributed by atoms with van der Waals surface area (Å²) in [4.78, 5) is 18.6. The van der Waals surface area contributed by atoms with Crippen molar-refractivity contribution in [3.8, 4) is 0 Å². The normalized spacial score (nSPS) is 19.6. The van der Waals surface area contributed by atoms with Crippen molar-refractivity contribution in [2.75, 3.05) is 11.1 Å². The fourth-order valence-electron chi connectivity index (χ4n) is 3.41. The van der Waals surface area contributed by atoms with E-state index in [0.29, 0.717) is 6.42 Å². The Balaban J connectivity index is 1.77. The van der Waals surface area contributed by atoms with Crippen LogP contribution in [0.3, 0.4) is 0 Å². The number of unbranched alkanes of at least 4 members (excludes halogenated alkanes) is 1. The van der Waals surface area contributed by atoms with Gasteiger partial charge in [-0.1, -0.05) is 25.1 Å². The van der Waals surface area contributed by atoms with Crippen molar-refractivity contribution in [2.24, 2.45) is 0 Å². The van der Waals surface area contributed by atoms with Crippen molar-refractivity contribution in [3.63, 3.8) is 0 Å². The van der Waals surface area contributed by atoms with Gasteiger partial charge in [-0.3, -0.25) is 4.79 Å². The molecule has 1 N–H and O–H groups in total. The summed E-state index contributed by atoms with van der Waals surface area (Å²) >= 11 is 3.39. The molecule has 132 valence electrons. The highest BCUT2D eigenvalue weighted by Crippen LogP contribution is 2.42. The molecule has 2 aromatic rings. The molecule has 3 heterocycles. The summed E-state index contributed by atoms with van der Waals surface area (Å²) in [6.45, 7) is 4.29. The average Bonchev–Trinajstić information content (AvgIpc) is 3.19. The van der Waals surface area contributed by atoms with Crippen molar-refractivity contribution in [1.29, 1.82) is 0 Å². The van der Waals surface area contributed by atoms with Crippen LogP contribution in [-0.4, -0.2) is 26.3 Å². The fraction of sp³-hybridized carbons (Fsp3) is 0.500. The molecule has 25 heavy (non-hydrogen) atoms. The average molecular weight is 375 g/mol. The van der Waals surface area contributed by atoms with Gasteiger partial charge in [0, 0.05) is 28.3 Å². The maximum Gasteiger partial charge on any atom is 0.227 e. The van der Waals surface area contributed by atoms with Crippen LogP contribution in [0.2, 0.25) is 0 Å². The smallest absolute Gasteiger partial charge is 0.227 e. The van der Waals surface area contributed by atoms with Gasteiger partial charge >= 0.3 is 0 Å². The number of allylic oxidation sites excluding steroid dienone is 2. The molecule has 0 saturated heterocycles. The Morgan fingerprint density at radius 3 is 3.08 bits per heavy atom. The SMILES string of the molecule is CCCCSc1nc2n(n1)C(c1sccc1C)C1=C(CCCC1=O)N2. The first kappa shape index (κ1) is 16.8. The number of aryl methyl sites for hydroxylation is 1. The molecule has 0 bridgehead atoms. The Bertz CT molecular complexity index is 836. The molecule has 0 fully saturated rings. The minimum absolute atomic E-state index is 0.132. The van der Waals surface area contributed by atoms with E-state index < -0.39 is 0 Å². The number of anilines is 1. The van der Waals surface area contributed by atoms with Gasteiger partial charge in [0.25, 0.3) is 0 Å². The Morgan fingerprint density at radius 2 is 2.32 bits per heavy atom. The quantitative estimate of drug-likeness (QED) is 0.614. The van der Waals surface area contributed by atoms with Crippen LogP contribution in [-0.2, 0) is 4.79 Å². The van der Waals surface area contributed by atoms with Gasteiger partial charge in [0.1, 0.15) is 6.04 Å². The molecular weight excluding hydrogens is 352 g/mol.